The predicted octanol–water partition coefficient (Wildman–Crippen LogP) is -0.579. The van der Waals surface area contributed by atoms with Crippen molar-refractivity contribution in [1.29, 1.82) is 5.26 Å². The average molecular weight is 478 g/mol. The molecule has 0 aromatic heterocycles. The minimum atomic E-state index is -3.07. The maximum Gasteiger partial charge on any atom is 1.00 e. The number of aliphatic hydroxyl groups is 1. The molecular formula is C18H17BBrF3N3NaO2. The van der Waals surface area contributed by atoms with Gasteiger partial charge < -0.3 is 14.7 Å². The Balaban J connectivity index is 0.00000150. The standard InChI is InChI=1S/C18H13BrF3N3O2.BH4.Na/c19-11-2-1-10-14(15(11)20)12(26)3-4-18(10)8-25-7-9(6-23)5-13(16(25)24-18)27-17(21)22;;/h1-2,5,7,12,17,26H,3-4,8H2;1H4;/q;-1;+1/t12-,18-;;/m1../s1. The first-order valence-electron chi connectivity index (χ1n) is 8.16. The van der Waals surface area contributed by atoms with Crippen LogP contribution in [0.2, 0.25) is 0 Å². The van der Waals surface area contributed by atoms with Gasteiger partial charge in [0.25, 0.3) is 0 Å². The zero-order valence-electron chi connectivity index (χ0n) is 14.8. The first-order chi connectivity index (χ1) is 12.8. The Kier molecular flexibility index (Phi) is 7.34. The molecule has 0 saturated heterocycles. The molecule has 1 aliphatic carbocycles. The number of alkyl halides is 2. The van der Waals surface area contributed by atoms with E-state index < -0.39 is 24.1 Å². The summed E-state index contributed by atoms with van der Waals surface area (Å²) < 4.78 is 45.0. The number of halogens is 4. The van der Waals surface area contributed by atoms with Crippen LogP contribution in [0.15, 0.2) is 45.2 Å². The van der Waals surface area contributed by atoms with Gasteiger partial charge in [0.15, 0.2) is 11.6 Å². The number of aliphatic imine (C=N–C) groups is 1. The van der Waals surface area contributed by atoms with Gasteiger partial charge in [0.2, 0.25) is 0 Å². The molecule has 2 aliphatic heterocycles. The number of fused-ring (bicyclic) bond motifs is 3. The summed E-state index contributed by atoms with van der Waals surface area (Å²) in [5.41, 5.74) is -0.103. The van der Waals surface area contributed by atoms with Gasteiger partial charge in [-0.05, 0) is 40.4 Å². The van der Waals surface area contributed by atoms with E-state index in [1.807, 2.05) is 6.07 Å². The van der Waals surface area contributed by atoms with Gasteiger partial charge >= 0.3 is 36.2 Å². The topological polar surface area (TPSA) is 68.9 Å². The summed E-state index contributed by atoms with van der Waals surface area (Å²) in [5, 5.41) is 19.5. The zero-order chi connectivity index (χ0) is 19.3. The first-order valence-corrected chi connectivity index (χ1v) is 8.96. The number of benzene rings is 1. The summed E-state index contributed by atoms with van der Waals surface area (Å²) >= 11 is 3.12. The normalized spacial score (nSPS) is 24.4. The molecule has 3 aliphatic rings. The van der Waals surface area contributed by atoms with Crippen molar-refractivity contribution in [2.75, 3.05) is 6.54 Å². The molecule has 2 atom stereocenters. The number of aliphatic hydroxyl groups excluding tert-OH is 1. The van der Waals surface area contributed by atoms with Crippen molar-refractivity contribution in [1.82, 2.24) is 4.90 Å². The van der Waals surface area contributed by atoms with E-state index in [1.165, 1.54) is 18.3 Å². The fraction of sp³-hybridized carbons (Fsp3) is 0.333. The third kappa shape index (κ3) is 4.03. The Morgan fingerprint density at radius 2 is 2.14 bits per heavy atom. The molecule has 0 fully saturated rings. The molecule has 0 bridgehead atoms. The molecular weight excluding hydrogens is 461 g/mol. The largest absolute Gasteiger partial charge is 1.00 e. The fourth-order valence-corrected chi connectivity index (χ4v) is 4.20. The van der Waals surface area contributed by atoms with Crippen molar-refractivity contribution in [2.45, 2.75) is 31.1 Å². The maximum atomic E-state index is 14.6. The van der Waals surface area contributed by atoms with Crippen LogP contribution in [-0.4, -0.2) is 37.4 Å². The first kappa shape index (κ1) is 24.0. The van der Waals surface area contributed by atoms with E-state index in [0.29, 0.717) is 12.0 Å². The average Bonchev–Trinajstić information content (AvgIpc) is 3.00. The number of allylic oxidation sites excluding steroid dienone is 2. The van der Waals surface area contributed by atoms with Crippen molar-refractivity contribution in [3.63, 3.8) is 0 Å². The second kappa shape index (κ2) is 8.86. The minimum absolute atomic E-state index is 0. The van der Waals surface area contributed by atoms with Gasteiger partial charge in [-0.25, -0.2) is 4.39 Å². The van der Waals surface area contributed by atoms with E-state index in [1.54, 1.807) is 11.0 Å². The number of nitriles is 1. The molecule has 0 saturated carbocycles. The summed E-state index contributed by atoms with van der Waals surface area (Å²) in [6, 6.07) is 5.13. The Labute approximate surface area is 197 Å². The molecule has 0 radical (unpaired) electrons. The van der Waals surface area contributed by atoms with E-state index in [9.17, 15) is 18.3 Å². The number of hydrogen-bond donors (Lipinski definition) is 1. The molecule has 148 valence electrons. The monoisotopic (exact) mass is 477 g/mol. The van der Waals surface area contributed by atoms with Crippen molar-refractivity contribution in [3.05, 3.63) is 57.2 Å². The van der Waals surface area contributed by atoms with Gasteiger partial charge in [-0.2, -0.15) is 14.0 Å². The molecule has 1 N–H and O–H groups in total. The van der Waals surface area contributed by atoms with Gasteiger partial charge in [-0.3, -0.25) is 4.99 Å². The smallest absolute Gasteiger partial charge is 0.431 e. The van der Waals surface area contributed by atoms with Gasteiger partial charge in [-0.15, -0.1) is 0 Å². The molecule has 1 spiro atoms. The zero-order valence-corrected chi connectivity index (χ0v) is 18.4. The molecule has 29 heavy (non-hydrogen) atoms. The number of rotatable bonds is 2. The van der Waals surface area contributed by atoms with Gasteiger partial charge in [0.1, 0.15) is 17.4 Å². The summed E-state index contributed by atoms with van der Waals surface area (Å²) in [4.78, 5) is 6.19. The van der Waals surface area contributed by atoms with Crippen molar-refractivity contribution >= 4 is 30.2 Å². The summed E-state index contributed by atoms with van der Waals surface area (Å²) in [5.74, 6) is -0.594. The van der Waals surface area contributed by atoms with Crippen LogP contribution in [0.1, 0.15) is 30.1 Å². The van der Waals surface area contributed by atoms with Gasteiger partial charge in [0, 0.05) is 17.8 Å². The van der Waals surface area contributed by atoms with Crippen LogP contribution in [0.4, 0.5) is 13.2 Å². The number of nitrogens with zero attached hydrogens (tertiary/aromatic N) is 3. The maximum absolute atomic E-state index is 14.6. The summed E-state index contributed by atoms with van der Waals surface area (Å²) in [7, 11) is 0. The van der Waals surface area contributed by atoms with Gasteiger partial charge in [-0.1, -0.05) is 14.5 Å². The third-order valence-corrected chi connectivity index (χ3v) is 5.58. The third-order valence-electron chi connectivity index (χ3n) is 4.97. The molecule has 5 nitrogen and oxygen atoms in total. The number of ether oxygens (including phenoxy) is 1. The van der Waals surface area contributed by atoms with Crippen LogP contribution in [0.5, 0.6) is 0 Å². The van der Waals surface area contributed by atoms with Crippen LogP contribution >= 0.6 is 15.9 Å². The second-order valence-electron chi connectivity index (χ2n) is 6.56. The number of hydrogen-bond acceptors (Lipinski definition) is 5. The van der Waals surface area contributed by atoms with Crippen LogP contribution < -0.4 is 29.6 Å². The Bertz CT molecular complexity index is 966. The SMILES string of the molecule is N#CC1=CN2C[C@@]3(CC[C@@H](O)c4c3ccc(Br)c4F)N=C2C(OC(F)F)=C1.[BH4-].[Na+]. The molecule has 0 amide bonds. The van der Waals surface area contributed by atoms with E-state index in [2.05, 4.69) is 25.7 Å². The van der Waals surface area contributed by atoms with Crippen LogP contribution in [0.3, 0.4) is 0 Å². The molecule has 0 unspecified atom stereocenters. The van der Waals surface area contributed by atoms with Crippen molar-refractivity contribution in [2.24, 2.45) is 4.99 Å². The summed E-state index contributed by atoms with van der Waals surface area (Å²) in [6.07, 6.45) is 2.42. The second-order valence-corrected chi connectivity index (χ2v) is 7.41. The molecule has 11 heteroatoms. The molecule has 4 rings (SSSR count). The quantitative estimate of drug-likeness (QED) is 0.579. The van der Waals surface area contributed by atoms with Gasteiger partial charge in [0.05, 0.1) is 22.7 Å². The van der Waals surface area contributed by atoms with Crippen LogP contribution in [-0.2, 0) is 10.3 Å². The van der Waals surface area contributed by atoms with Crippen LogP contribution in [0, 0.1) is 17.1 Å². The Morgan fingerprint density at radius 3 is 2.79 bits per heavy atom. The number of amidine groups is 1. The van der Waals surface area contributed by atoms with E-state index >= 15 is 0 Å². The Morgan fingerprint density at radius 1 is 1.41 bits per heavy atom. The minimum Gasteiger partial charge on any atom is -0.431 e. The molecule has 1 aromatic carbocycles. The van der Waals surface area contributed by atoms with E-state index in [0.717, 1.165) is 0 Å². The molecule has 1 aromatic rings. The summed E-state index contributed by atoms with van der Waals surface area (Å²) in [6.45, 7) is -2.83. The van der Waals surface area contributed by atoms with Crippen molar-refractivity contribution in [3.8, 4) is 6.07 Å². The van der Waals surface area contributed by atoms with E-state index in [-0.39, 0.29) is 78.1 Å². The van der Waals surface area contributed by atoms with Crippen molar-refractivity contribution < 1.29 is 52.6 Å². The van der Waals surface area contributed by atoms with Crippen LogP contribution in [0.25, 0.3) is 0 Å². The van der Waals surface area contributed by atoms with E-state index in [4.69, 9.17) is 5.26 Å². The molecule has 2 heterocycles. The predicted molar refractivity (Wildman–Crippen MR) is 104 cm³/mol. The Hall–Kier alpha value is -1.25. The fourth-order valence-electron chi connectivity index (χ4n) is 3.85.